The molecule has 130 valence electrons. The molecule has 0 radical (unpaired) electrons. The highest BCUT2D eigenvalue weighted by atomic mass is 35.5. The second-order valence-electron chi connectivity index (χ2n) is 5.65. The molecule has 0 fully saturated rings. The van der Waals surface area contributed by atoms with E-state index in [1.165, 1.54) is 6.08 Å². The van der Waals surface area contributed by atoms with Crippen molar-refractivity contribution in [3.63, 3.8) is 0 Å². The first-order valence-corrected chi connectivity index (χ1v) is 8.59. The molecular weight excluding hydrogens is 346 g/mol. The molecule has 0 saturated heterocycles. The largest absolute Gasteiger partial charge is 0.489 e. The van der Waals surface area contributed by atoms with Crippen molar-refractivity contribution in [1.82, 2.24) is 0 Å². The first kappa shape index (κ1) is 17.8. The van der Waals surface area contributed by atoms with E-state index in [9.17, 15) is 4.79 Å². The van der Waals surface area contributed by atoms with E-state index in [1.54, 1.807) is 18.2 Å². The van der Waals surface area contributed by atoms with E-state index in [0.29, 0.717) is 17.3 Å². The summed E-state index contributed by atoms with van der Waals surface area (Å²) in [6.45, 7) is 0.501. The number of amides is 1. The molecule has 3 rings (SSSR count). The van der Waals surface area contributed by atoms with Crippen LogP contribution in [-0.4, -0.2) is 5.91 Å². The first-order valence-electron chi connectivity index (χ1n) is 8.21. The van der Waals surface area contributed by atoms with Crippen LogP contribution in [0, 0.1) is 0 Å². The maximum Gasteiger partial charge on any atom is 0.248 e. The molecule has 3 nitrogen and oxygen atoms in total. The fraction of sp³-hybridized carbons (Fsp3) is 0.0455. The molecule has 4 heteroatoms. The third-order valence-corrected chi connectivity index (χ3v) is 3.99. The number of para-hydroxylation sites is 1. The van der Waals surface area contributed by atoms with Crippen molar-refractivity contribution in [3.05, 3.63) is 101 Å². The summed E-state index contributed by atoms with van der Waals surface area (Å²) in [5, 5.41) is 3.26. The highest BCUT2D eigenvalue weighted by Gasteiger charge is 2.02. The van der Waals surface area contributed by atoms with Crippen LogP contribution in [0.15, 0.2) is 84.9 Å². The first-order chi connectivity index (χ1) is 12.7. The average Bonchev–Trinajstić information content (AvgIpc) is 2.68. The van der Waals surface area contributed by atoms with Crippen LogP contribution in [0.4, 0.5) is 5.69 Å². The van der Waals surface area contributed by atoms with E-state index in [0.717, 1.165) is 16.9 Å². The number of carbonyl (C=O) groups excluding carboxylic acids is 1. The predicted molar refractivity (Wildman–Crippen MR) is 106 cm³/mol. The van der Waals surface area contributed by atoms with Gasteiger partial charge in [-0.05, 0) is 41.5 Å². The summed E-state index contributed by atoms with van der Waals surface area (Å²) in [5.41, 5.74) is 2.57. The van der Waals surface area contributed by atoms with Gasteiger partial charge in [-0.2, -0.15) is 0 Å². The Hall–Kier alpha value is -3.04. The van der Waals surface area contributed by atoms with Crippen LogP contribution in [0.25, 0.3) is 6.08 Å². The van der Waals surface area contributed by atoms with Gasteiger partial charge in [0.15, 0.2) is 0 Å². The lowest BCUT2D eigenvalue weighted by Crippen LogP contribution is -2.07. The Morgan fingerprint density at radius 3 is 2.54 bits per heavy atom. The van der Waals surface area contributed by atoms with Crippen molar-refractivity contribution in [3.8, 4) is 5.75 Å². The number of carbonyl (C=O) groups is 1. The van der Waals surface area contributed by atoms with E-state index in [-0.39, 0.29) is 5.91 Å². The summed E-state index contributed by atoms with van der Waals surface area (Å²) >= 11 is 6.04. The minimum absolute atomic E-state index is 0.242. The van der Waals surface area contributed by atoms with E-state index >= 15 is 0 Å². The van der Waals surface area contributed by atoms with Gasteiger partial charge in [0.1, 0.15) is 12.4 Å². The van der Waals surface area contributed by atoms with Crippen molar-refractivity contribution in [2.75, 3.05) is 5.32 Å². The van der Waals surface area contributed by atoms with Crippen molar-refractivity contribution >= 4 is 29.3 Å². The summed E-state index contributed by atoms with van der Waals surface area (Å²) in [5.74, 6) is 0.510. The number of halogens is 1. The molecule has 3 aromatic rings. The summed E-state index contributed by atoms with van der Waals surface area (Å²) < 4.78 is 5.80. The maximum atomic E-state index is 12.0. The molecule has 1 amide bonds. The van der Waals surface area contributed by atoms with Gasteiger partial charge in [-0.25, -0.2) is 0 Å². The van der Waals surface area contributed by atoms with Crippen LogP contribution < -0.4 is 10.1 Å². The molecule has 0 spiro atoms. The Labute approximate surface area is 157 Å². The number of anilines is 1. The predicted octanol–water partition coefficient (Wildman–Crippen LogP) is 5.57. The lowest BCUT2D eigenvalue weighted by Gasteiger charge is -2.07. The van der Waals surface area contributed by atoms with Crippen molar-refractivity contribution < 1.29 is 9.53 Å². The topological polar surface area (TPSA) is 38.3 Å². The molecule has 0 bridgehead atoms. The molecule has 1 N–H and O–H groups in total. The van der Waals surface area contributed by atoms with E-state index in [4.69, 9.17) is 16.3 Å². The highest BCUT2D eigenvalue weighted by molar-refractivity contribution is 6.33. The van der Waals surface area contributed by atoms with Crippen LogP contribution >= 0.6 is 11.6 Å². The second-order valence-corrected chi connectivity index (χ2v) is 6.06. The summed E-state index contributed by atoms with van der Waals surface area (Å²) in [6.07, 6.45) is 3.21. The second kappa shape index (κ2) is 8.88. The molecule has 0 heterocycles. The summed E-state index contributed by atoms with van der Waals surface area (Å²) in [7, 11) is 0. The molecule has 0 aromatic heterocycles. The van der Waals surface area contributed by atoms with Gasteiger partial charge in [-0.1, -0.05) is 66.2 Å². The van der Waals surface area contributed by atoms with Crippen molar-refractivity contribution in [2.45, 2.75) is 6.61 Å². The molecular formula is C22H18ClNO2. The van der Waals surface area contributed by atoms with Crippen LogP contribution in [0.3, 0.4) is 0 Å². The van der Waals surface area contributed by atoms with Gasteiger partial charge < -0.3 is 10.1 Å². The SMILES string of the molecule is O=C(/C=C/c1cccc(OCc2ccccc2)c1)Nc1ccccc1Cl. The zero-order valence-electron chi connectivity index (χ0n) is 14.1. The fourth-order valence-electron chi connectivity index (χ4n) is 2.36. The lowest BCUT2D eigenvalue weighted by molar-refractivity contribution is -0.111. The number of hydrogen-bond donors (Lipinski definition) is 1. The number of rotatable bonds is 6. The Morgan fingerprint density at radius 1 is 0.962 bits per heavy atom. The molecule has 3 aromatic carbocycles. The molecule has 26 heavy (non-hydrogen) atoms. The molecule has 0 saturated carbocycles. The normalized spacial score (nSPS) is 10.7. The van der Waals surface area contributed by atoms with Crippen LogP contribution in [0.1, 0.15) is 11.1 Å². The fourth-order valence-corrected chi connectivity index (χ4v) is 2.54. The molecule has 0 unspecified atom stereocenters. The highest BCUT2D eigenvalue weighted by Crippen LogP contribution is 2.20. The van der Waals surface area contributed by atoms with E-state index in [2.05, 4.69) is 5.32 Å². The zero-order chi connectivity index (χ0) is 18.2. The zero-order valence-corrected chi connectivity index (χ0v) is 14.8. The Kier molecular flexibility index (Phi) is 6.07. The third kappa shape index (κ3) is 5.23. The Bertz CT molecular complexity index is 907. The van der Waals surface area contributed by atoms with Crippen molar-refractivity contribution in [2.24, 2.45) is 0 Å². The van der Waals surface area contributed by atoms with Gasteiger partial charge in [0, 0.05) is 6.08 Å². The van der Waals surface area contributed by atoms with E-state index < -0.39 is 0 Å². The van der Waals surface area contributed by atoms with Crippen LogP contribution in [-0.2, 0) is 11.4 Å². The monoisotopic (exact) mass is 363 g/mol. The van der Waals surface area contributed by atoms with Crippen LogP contribution in [0.2, 0.25) is 5.02 Å². The number of benzene rings is 3. The van der Waals surface area contributed by atoms with Gasteiger partial charge in [0.05, 0.1) is 10.7 Å². The van der Waals surface area contributed by atoms with Gasteiger partial charge in [-0.15, -0.1) is 0 Å². The Morgan fingerprint density at radius 2 is 1.73 bits per heavy atom. The Balaban J connectivity index is 1.60. The molecule has 0 aliphatic rings. The quantitative estimate of drug-likeness (QED) is 0.581. The number of nitrogens with one attached hydrogen (secondary N) is 1. The standard InChI is InChI=1S/C22H18ClNO2/c23-20-11-4-5-12-21(20)24-22(25)14-13-17-9-6-10-19(15-17)26-16-18-7-2-1-3-8-18/h1-15H,16H2,(H,24,25)/b14-13+. The summed E-state index contributed by atoms with van der Waals surface area (Å²) in [4.78, 5) is 12.0. The third-order valence-electron chi connectivity index (χ3n) is 3.67. The lowest BCUT2D eigenvalue weighted by atomic mass is 10.2. The van der Waals surface area contributed by atoms with E-state index in [1.807, 2.05) is 66.7 Å². The smallest absolute Gasteiger partial charge is 0.248 e. The minimum Gasteiger partial charge on any atom is -0.489 e. The van der Waals surface area contributed by atoms with Gasteiger partial charge in [0.2, 0.25) is 5.91 Å². The maximum absolute atomic E-state index is 12.0. The van der Waals surface area contributed by atoms with Gasteiger partial charge in [-0.3, -0.25) is 4.79 Å². The number of hydrogen-bond acceptors (Lipinski definition) is 2. The van der Waals surface area contributed by atoms with Gasteiger partial charge in [0.25, 0.3) is 0 Å². The molecule has 0 aliphatic carbocycles. The summed E-state index contributed by atoms with van der Waals surface area (Å²) in [6, 6.07) is 24.7. The average molecular weight is 364 g/mol. The van der Waals surface area contributed by atoms with Crippen LogP contribution in [0.5, 0.6) is 5.75 Å². The minimum atomic E-state index is -0.242. The molecule has 0 atom stereocenters. The number of ether oxygens (including phenoxy) is 1. The van der Waals surface area contributed by atoms with Crippen molar-refractivity contribution in [1.29, 1.82) is 0 Å². The van der Waals surface area contributed by atoms with Gasteiger partial charge >= 0.3 is 0 Å². The molecule has 0 aliphatic heterocycles.